The van der Waals surface area contributed by atoms with Crippen molar-refractivity contribution >= 4 is 25.8 Å². The summed E-state index contributed by atoms with van der Waals surface area (Å²) in [7, 11) is 1.76. The zero-order valence-corrected chi connectivity index (χ0v) is 15.3. The van der Waals surface area contributed by atoms with Crippen molar-refractivity contribution in [3.05, 3.63) is 65.2 Å². The van der Waals surface area contributed by atoms with Gasteiger partial charge in [0.05, 0.1) is 17.7 Å². The number of carbonyl (C=O) groups is 2. The molecule has 0 N–H and O–H groups in total. The van der Waals surface area contributed by atoms with E-state index in [0.717, 1.165) is 10.8 Å². The van der Waals surface area contributed by atoms with Crippen molar-refractivity contribution in [2.45, 2.75) is 14.0 Å². The van der Waals surface area contributed by atoms with Gasteiger partial charge in [-0.1, -0.05) is 43.8 Å². The van der Waals surface area contributed by atoms with E-state index in [4.69, 9.17) is 13.3 Å². The first-order valence-electron chi connectivity index (χ1n) is 7.76. The molecule has 0 radical (unpaired) electrons. The molecule has 7 heteroatoms. The van der Waals surface area contributed by atoms with Crippen LogP contribution in [-0.4, -0.2) is 46.8 Å². The molecular formula is C19H23NO5Si. The average Bonchev–Trinajstić information content (AvgIpc) is 2.90. The number of rotatable bonds is 6. The van der Waals surface area contributed by atoms with Gasteiger partial charge in [-0.05, 0) is 17.7 Å². The second-order valence-electron chi connectivity index (χ2n) is 5.61. The van der Waals surface area contributed by atoms with Crippen LogP contribution in [0.2, 0.25) is 0 Å². The molecule has 2 amide bonds. The van der Waals surface area contributed by atoms with Crippen molar-refractivity contribution in [3.8, 4) is 0 Å². The van der Waals surface area contributed by atoms with Crippen LogP contribution in [0.5, 0.6) is 0 Å². The van der Waals surface area contributed by atoms with Crippen LogP contribution < -0.4 is 5.19 Å². The Hall–Kier alpha value is -2.32. The number of benzene rings is 2. The topological polar surface area (TPSA) is 65.1 Å². The van der Waals surface area contributed by atoms with Gasteiger partial charge in [0.15, 0.2) is 0 Å². The minimum Gasteiger partial charge on any atom is -0.373 e. The predicted octanol–water partition coefficient (Wildman–Crippen LogP) is 2.20. The Kier molecular flexibility index (Phi) is 6.09. The number of hydrogen-bond donors (Lipinski definition) is 0. The van der Waals surface area contributed by atoms with E-state index in [1.54, 1.807) is 45.6 Å². The molecule has 1 aliphatic rings. The summed E-state index contributed by atoms with van der Waals surface area (Å²) in [6.45, 7) is 0.216. The van der Waals surface area contributed by atoms with E-state index >= 15 is 0 Å². The minimum atomic E-state index is -2.89. The highest BCUT2D eigenvalue weighted by Gasteiger charge is 2.41. The van der Waals surface area contributed by atoms with Gasteiger partial charge in [-0.3, -0.25) is 14.5 Å². The van der Waals surface area contributed by atoms with Gasteiger partial charge in [-0.2, -0.15) is 0 Å². The first kappa shape index (κ1) is 20.0. The number of amides is 2. The molecule has 1 heterocycles. The fourth-order valence-corrected chi connectivity index (χ4v) is 4.77. The van der Waals surface area contributed by atoms with Crippen LogP contribution in [0.15, 0.2) is 48.5 Å². The van der Waals surface area contributed by atoms with E-state index < -0.39 is 8.80 Å². The second kappa shape index (κ2) is 7.92. The third-order valence-electron chi connectivity index (χ3n) is 4.33. The first-order valence-corrected chi connectivity index (χ1v) is 9.49. The molecule has 2 aromatic carbocycles. The Bertz CT molecular complexity index is 759. The highest BCUT2D eigenvalue weighted by Crippen LogP contribution is 2.24. The molecule has 2 aromatic rings. The molecule has 0 fully saturated rings. The summed E-state index contributed by atoms with van der Waals surface area (Å²) >= 11 is 0. The smallest absolute Gasteiger partial charge is 0.373 e. The number of hydrogen-bond acceptors (Lipinski definition) is 5. The Morgan fingerprint density at radius 3 is 1.69 bits per heavy atom. The number of nitrogens with zero attached hydrogens (tertiary/aromatic N) is 1. The minimum absolute atomic E-state index is 0. The fraction of sp³-hybridized carbons (Fsp3) is 0.263. The monoisotopic (exact) mass is 373 g/mol. The lowest BCUT2D eigenvalue weighted by Gasteiger charge is -2.24. The Balaban J connectivity index is 0.00000243. The standard InChI is InChI=1S/C18H19NO5Si.CH4/c1-22-25(23-2,24-3)14-10-8-13(9-11-14)12-19-17(20)15-6-4-5-7-16(15)18(19)21;/h4-11H,12H2,1-3H3;1H4. The van der Waals surface area contributed by atoms with Crippen LogP contribution >= 0.6 is 0 Å². The van der Waals surface area contributed by atoms with Crippen LogP contribution in [0.3, 0.4) is 0 Å². The fourth-order valence-electron chi connectivity index (χ4n) is 2.98. The molecule has 0 aliphatic carbocycles. The summed E-state index contributed by atoms with van der Waals surface area (Å²) < 4.78 is 16.3. The van der Waals surface area contributed by atoms with Gasteiger partial charge in [0, 0.05) is 26.5 Å². The van der Waals surface area contributed by atoms with Gasteiger partial charge < -0.3 is 13.3 Å². The molecule has 0 saturated heterocycles. The highest BCUT2D eigenvalue weighted by molar-refractivity contribution is 6.75. The zero-order chi connectivity index (χ0) is 18.0. The van der Waals surface area contributed by atoms with Gasteiger partial charge in [-0.25, -0.2) is 0 Å². The lowest BCUT2D eigenvalue weighted by Crippen LogP contribution is -2.54. The molecule has 138 valence electrons. The maximum absolute atomic E-state index is 12.4. The largest absolute Gasteiger partial charge is 0.536 e. The molecule has 0 aromatic heterocycles. The molecule has 0 unspecified atom stereocenters. The summed E-state index contributed by atoms with van der Waals surface area (Å²) in [4.78, 5) is 26.1. The van der Waals surface area contributed by atoms with Crippen LogP contribution in [0.1, 0.15) is 33.7 Å². The molecule has 0 saturated carbocycles. The number of imide groups is 1. The van der Waals surface area contributed by atoms with E-state index in [1.807, 2.05) is 24.3 Å². The predicted molar refractivity (Wildman–Crippen MR) is 100 cm³/mol. The third-order valence-corrected chi connectivity index (χ3v) is 6.99. The van der Waals surface area contributed by atoms with E-state index in [9.17, 15) is 9.59 Å². The maximum Gasteiger partial charge on any atom is 0.536 e. The molecule has 1 aliphatic heterocycles. The van der Waals surface area contributed by atoms with Crippen molar-refractivity contribution in [1.29, 1.82) is 0 Å². The van der Waals surface area contributed by atoms with Crippen molar-refractivity contribution in [3.63, 3.8) is 0 Å². The van der Waals surface area contributed by atoms with Gasteiger partial charge in [0.2, 0.25) is 0 Å². The maximum atomic E-state index is 12.4. The summed E-state index contributed by atoms with van der Waals surface area (Å²) in [6, 6.07) is 14.2. The van der Waals surface area contributed by atoms with Crippen LogP contribution in [-0.2, 0) is 19.8 Å². The van der Waals surface area contributed by atoms with Crippen molar-refractivity contribution < 1.29 is 22.9 Å². The van der Waals surface area contributed by atoms with E-state index in [1.165, 1.54) is 4.90 Å². The highest BCUT2D eigenvalue weighted by atomic mass is 28.4. The normalized spacial score (nSPS) is 13.6. The zero-order valence-electron chi connectivity index (χ0n) is 14.3. The van der Waals surface area contributed by atoms with Crippen LogP contribution in [0.25, 0.3) is 0 Å². The Morgan fingerprint density at radius 1 is 0.808 bits per heavy atom. The quantitative estimate of drug-likeness (QED) is 0.574. The number of carbonyl (C=O) groups excluding carboxylic acids is 2. The molecule has 0 bridgehead atoms. The van der Waals surface area contributed by atoms with Crippen LogP contribution in [0, 0.1) is 0 Å². The average molecular weight is 373 g/mol. The van der Waals surface area contributed by atoms with E-state index in [0.29, 0.717) is 11.1 Å². The lowest BCUT2D eigenvalue weighted by molar-refractivity contribution is 0.0642. The number of fused-ring (bicyclic) bond motifs is 1. The molecule has 26 heavy (non-hydrogen) atoms. The Labute approximate surface area is 154 Å². The van der Waals surface area contributed by atoms with Crippen molar-refractivity contribution in [2.75, 3.05) is 21.3 Å². The Morgan fingerprint density at radius 2 is 1.27 bits per heavy atom. The van der Waals surface area contributed by atoms with Crippen molar-refractivity contribution in [1.82, 2.24) is 4.90 Å². The summed E-state index contributed by atoms with van der Waals surface area (Å²) in [5.41, 5.74) is 1.74. The molecule has 3 rings (SSSR count). The molecule has 6 nitrogen and oxygen atoms in total. The summed E-state index contributed by atoms with van der Waals surface area (Å²) in [5, 5.41) is 0.811. The van der Waals surface area contributed by atoms with E-state index in [-0.39, 0.29) is 25.8 Å². The third kappa shape index (κ3) is 3.22. The summed E-state index contributed by atoms with van der Waals surface area (Å²) in [6.07, 6.45) is 0. The molecule has 0 atom stereocenters. The summed E-state index contributed by atoms with van der Waals surface area (Å²) in [5.74, 6) is -0.529. The van der Waals surface area contributed by atoms with E-state index in [2.05, 4.69) is 0 Å². The van der Waals surface area contributed by atoms with Crippen molar-refractivity contribution in [2.24, 2.45) is 0 Å². The van der Waals surface area contributed by atoms with Gasteiger partial charge >= 0.3 is 8.80 Å². The lowest BCUT2D eigenvalue weighted by atomic mass is 10.1. The van der Waals surface area contributed by atoms with Gasteiger partial charge in [-0.15, -0.1) is 0 Å². The van der Waals surface area contributed by atoms with Crippen LogP contribution in [0.4, 0.5) is 0 Å². The second-order valence-corrected chi connectivity index (χ2v) is 8.52. The molecular weight excluding hydrogens is 350 g/mol. The molecule has 0 spiro atoms. The van der Waals surface area contributed by atoms with Gasteiger partial charge in [0.1, 0.15) is 0 Å². The SMILES string of the molecule is C.CO[Si](OC)(OC)c1ccc(CN2C(=O)c3ccccc3C2=O)cc1. The first-order chi connectivity index (χ1) is 12.1. The van der Waals surface area contributed by atoms with Gasteiger partial charge in [0.25, 0.3) is 11.8 Å².